The van der Waals surface area contributed by atoms with E-state index in [2.05, 4.69) is 0 Å². The van der Waals surface area contributed by atoms with Crippen LogP contribution < -0.4 is 11.2 Å². The van der Waals surface area contributed by atoms with E-state index in [1.54, 1.807) is 11.8 Å². The van der Waals surface area contributed by atoms with Crippen molar-refractivity contribution in [2.45, 2.75) is 32.9 Å². The molecule has 0 radical (unpaired) electrons. The minimum absolute atomic E-state index is 0.0674. The van der Waals surface area contributed by atoms with Crippen LogP contribution >= 0.6 is 0 Å². The SMILES string of the molecule is CC(C)N1C[C@H](C)n2c(c(O)c(=O)n(C)c2=O)C1=O. The second-order valence-electron chi connectivity index (χ2n) is 5.11. The Balaban J connectivity index is 2.81. The summed E-state index contributed by atoms with van der Waals surface area (Å²) in [5, 5.41) is 9.90. The molecule has 1 amide bonds. The van der Waals surface area contributed by atoms with Crippen LogP contribution in [-0.2, 0) is 7.05 Å². The second kappa shape index (κ2) is 4.25. The lowest BCUT2D eigenvalue weighted by Gasteiger charge is -2.36. The number of hydrogen-bond donors (Lipinski definition) is 1. The summed E-state index contributed by atoms with van der Waals surface area (Å²) >= 11 is 0. The lowest BCUT2D eigenvalue weighted by atomic mass is 10.1. The van der Waals surface area contributed by atoms with Crippen molar-refractivity contribution in [2.75, 3.05) is 6.54 Å². The average molecular weight is 267 g/mol. The number of aromatic nitrogens is 2. The van der Waals surface area contributed by atoms with Crippen LogP contribution in [0.1, 0.15) is 37.3 Å². The van der Waals surface area contributed by atoms with Crippen LogP contribution in [0.2, 0.25) is 0 Å². The molecule has 1 aromatic rings. The smallest absolute Gasteiger partial charge is 0.331 e. The predicted octanol–water partition coefficient (Wildman–Crippen LogP) is -0.322. The van der Waals surface area contributed by atoms with Gasteiger partial charge in [-0.2, -0.15) is 0 Å². The van der Waals surface area contributed by atoms with E-state index in [1.807, 2.05) is 13.8 Å². The van der Waals surface area contributed by atoms with Gasteiger partial charge in [-0.05, 0) is 20.8 Å². The van der Waals surface area contributed by atoms with E-state index in [4.69, 9.17) is 0 Å². The number of carbonyl (C=O) groups is 1. The van der Waals surface area contributed by atoms with E-state index in [0.29, 0.717) is 6.54 Å². The molecule has 1 aromatic heterocycles. The molecule has 1 aliphatic heterocycles. The molecule has 104 valence electrons. The first kappa shape index (κ1) is 13.4. The Kier molecular flexibility index (Phi) is 3.00. The van der Waals surface area contributed by atoms with Gasteiger partial charge >= 0.3 is 5.69 Å². The van der Waals surface area contributed by atoms with Gasteiger partial charge in [0, 0.05) is 19.6 Å². The maximum absolute atomic E-state index is 12.3. The third-order valence-corrected chi connectivity index (χ3v) is 3.45. The Morgan fingerprint density at radius 1 is 1.26 bits per heavy atom. The van der Waals surface area contributed by atoms with E-state index < -0.39 is 22.9 Å². The molecule has 0 aromatic carbocycles. The molecule has 0 unspecified atom stereocenters. The number of hydrogen-bond acceptors (Lipinski definition) is 4. The highest BCUT2D eigenvalue weighted by Crippen LogP contribution is 2.24. The van der Waals surface area contributed by atoms with Crippen LogP contribution in [-0.4, -0.2) is 37.6 Å². The van der Waals surface area contributed by atoms with E-state index in [9.17, 15) is 19.5 Å². The van der Waals surface area contributed by atoms with Crippen LogP contribution in [0.5, 0.6) is 5.75 Å². The topological polar surface area (TPSA) is 84.5 Å². The van der Waals surface area contributed by atoms with E-state index in [1.165, 1.54) is 11.6 Å². The number of fused-ring (bicyclic) bond motifs is 1. The van der Waals surface area contributed by atoms with Crippen molar-refractivity contribution in [2.24, 2.45) is 7.05 Å². The molecule has 0 saturated heterocycles. The van der Waals surface area contributed by atoms with Gasteiger partial charge in [0.05, 0.1) is 6.04 Å². The van der Waals surface area contributed by atoms with Gasteiger partial charge in [0.1, 0.15) is 0 Å². The molecule has 1 atom stereocenters. The second-order valence-corrected chi connectivity index (χ2v) is 5.11. The van der Waals surface area contributed by atoms with Crippen molar-refractivity contribution < 1.29 is 9.90 Å². The summed E-state index contributed by atoms with van der Waals surface area (Å²) < 4.78 is 2.01. The first-order valence-electron chi connectivity index (χ1n) is 6.12. The van der Waals surface area contributed by atoms with E-state index in [0.717, 1.165) is 4.57 Å². The fourth-order valence-corrected chi connectivity index (χ4v) is 2.36. The largest absolute Gasteiger partial charge is 0.501 e. The molecule has 7 nitrogen and oxygen atoms in total. The van der Waals surface area contributed by atoms with Crippen molar-refractivity contribution >= 4 is 5.91 Å². The zero-order valence-corrected chi connectivity index (χ0v) is 11.4. The predicted molar refractivity (Wildman–Crippen MR) is 68.5 cm³/mol. The van der Waals surface area contributed by atoms with Gasteiger partial charge in [-0.25, -0.2) is 4.79 Å². The standard InChI is InChI=1S/C12H17N3O4/c1-6(2)14-5-7(3)15-8(10(14)17)9(16)11(18)13(4)12(15)19/h6-7,16H,5H2,1-4H3/t7-/m0/s1. The van der Waals surface area contributed by atoms with Gasteiger partial charge in [-0.15, -0.1) is 0 Å². The number of aromatic hydroxyl groups is 1. The summed E-state index contributed by atoms with van der Waals surface area (Å²) in [4.78, 5) is 37.6. The molecular weight excluding hydrogens is 250 g/mol. The number of rotatable bonds is 1. The van der Waals surface area contributed by atoms with Gasteiger partial charge in [-0.1, -0.05) is 0 Å². The van der Waals surface area contributed by atoms with Crippen LogP contribution in [0, 0.1) is 0 Å². The van der Waals surface area contributed by atoms with Gasteiger partial charge in [0.2, 0.25) is 5.75 Å². The lowest BCUT2D eigenvalue weighted by Crippen LogP contribution is -2.52. The van der Waals surface area contributed by atoms with Crippen LogP contribution in [0.25, 0.3) is 0 Å². The number of carbonyl (C=O) groups excluding carboxylic acids is 1. The van der Waals surface area contributed by atoms with Gasteiger partial charge in [-0.3, -0.25) is 18.7 Å². The molecule has 0 aliphatic carbocycles. The molecule has 0 spiro atoms. The molecule has 1 N–H and O–H groups in total. The maximum Gasteiger partial charge on any atom is 0.331 e. The molecule has 1 aliphatic rings. The molecule has 19 heavy (non-hydrogen) atoms. The first-order valence-corrected chi connectivity index (χ1v) is 6.12. The Bertz CT molecular complexity index is 656. The van der Waals surface area contributed by atoms with E-state index in [-0.39, 0.29) is 17.8 Å². The van der Waals surface area contributed by atoms with Crippen molar-refractivity contribution in [3.63, 3.8) is 0 Å². The molecule has 0 saturated carbocycles. The van der Waals surface area contributed by atoms with E-state index >= 15 is 0 Å². The molecule has 2 heterocycles. The van der Waals surface area contributed by atoms with Gasteiger partial charge < -0.3 is 10.0 Å². The zero-order chi connectivity index (χ0) is 14.5. The normalized spacial score (nSPS) is 18.9. The molecule has 7 heteroatoms. The summed E-state index contributed by atoms with van der Waals surface area (Å²) in [6.45, 7) is 5.84. The van der Waals surface area contributed by atoms with Crippen LogP contribution in [0.4, 0.5) is 0 Å². The van der Waals surface area contributed by atoms with Crippen molar-refractivity contribution in [3.8, 4) is 5.75 Å². The van der Waals surface area contributed by atoms with Crippen molar-refractivity contribution in [3.05, 3.63) is 26.5 Å². The van der Waals surface area contributed by atoms with Crippen LogP contribution in [0.3, 0.4) is 0 Å². The van der Waals surface area contributed by atoms with Crippen molar-refractivity contribution in [1.29, 1.82) is 0 Å². The summed E-state index contributed by atoms with van der Waals surface area (Å²) in [6.07, 6.45) is 0. The minimum atomic E-state index is -0.845. The monoisotopic (exact) mass is 267 g/mol. The maximum atomic E-state index is 12.3. The fourth-order valence-electron chi connectivity index (χ4n) is 2.36. The Hall–Kier alpha value is -2.05. The van der Waals surface area contributed by atoms with Gasteiger partial charge in [0.25, 0.3) is 11.5 Å². The molecule has 0 fully saturated rings. The Morgan fingerprint density at radius 2 is 1.84 bits per heavy atom. The Morgan fingerprint density at radius 3 is 2.37 bits per heavy atom. The molecule has 0 bridgehead atoms. The number of nitrogens with zero attached hydrogens (tertiary/aromatic N) is 3. The van der Waals surface area contributed by atoms with Crippen molar-refractivity contribution in [1.82, 2.24) is 14.0 Å². The zero-order valence-electron chi connectivity index (χ0n) is 11.4. The quantitative estimate of drug-likeness (QED) is 0.755. The van der Waals surface area contributed by atoms with Crippen LogP contribution in [0.15, 0.2) is 9.59 Å². The summed E-state index contributed by atoms with van der Waals surface area (Å²) in [7, 11) is 1.28. The minimum Gasteiger partial charge on any atom is -0.501 e. The summed E-state index contributed by atoms with van der Waals surface area (Å²) in [6, 6.07) is -0.359. The highest BCUT2D eigenvalue weighted by atomic mass is 16.3. The summed E-state index contributed by atoms with van der Waals surface area (Å²) in [5.41, 5.74) is -1.63. The Labute approximate surface area is 109 Å². The fraction of sp³-hybridized carbons (Fsp3) is 0.583. The van der Waals surface area contributed by atoms with Gasteiger partial charge in [0.15, 0.2) is 5.69 Å². The average Bonchev–Trinajstić information content (AvgIpc) is 2.35. The first-order chi connectivity index (χ1) is 8.77. The highest BCUT2D eigenvalue weighted by molar-refractivity contribution is 5.95. The summed E-state index contributed by atoms with van der Waals surface area (Å²) in [5.74, 6) is -1.15. The molecule has 2 rings (SSSR count). The number of amides is 1. The third-order valence-electron chi connectivity index (χ3n) is 3.45. The highest BCUT2D eigenvalue weighted by Gasteiger charge is 2.35. The molecular formula is C12H17N3O4. The lowest BCUT2D eigenvalue weighted by molar-refractivity contribution is 0.0600. The third kappa shape index (κ3) is 1.76.